The van der Waals surface area contributed by atoms with Gasteiger partial charge in [-0.05, 0) is 127 Å². The van der Waals surface area contributed by atoms with E-state index in [0.717, 1.165) is 130 Å². The Morgan fingerprint density at radius 3 is 1.01 bits per heavy atom. The lowest BCUT2D eigenvalue weighted by atomic mass is 10.1. The highest BCUT2D eigenvalue weighted by Gasteiger charge is 2.10. The lowest BCUT2D eigenvalue weighted by Gasteiger charge is -2.12. The van der Waals surface area contributed by atoms with Crippen molar-refractivity contribution in [1.82, 2.24) is 0 Å². The van der Waals surface area contributed by atoms with Crippen LogP contribution in [0.3, 0.4) is 0 Å². The van der Waals surface area contributed by atoms with Crippen LogP contribution in [0.2, 0.25) is 0 Å². The van der Waals surface area contributed by atoms with Gasteiger partial charge in [0, 0.05) is 33.8 Å². The zero-order chi connectivity index (χ0) is 55.1. The van der Waals surface area contributed by atoms with Gasteiger partial charge in [0.15, 0.2) is 0 Å². The molecule has 8 aromatic rings. The SMILES string of the molecule is C=Cc1ccc(OCCCCCCCCCCCOc2ccc(CNc3ccc(/N=N/c4ccc(/N=N/c5ccc(OCCCCCCCCCCCOc6ccc(C=C)cc6)cc5)c5ccccc45)c4ccccc34)cc2)cc1. The lowest BCUT2D eigenvalue weighted by molar-refractivity contribution is 0.302. The first kappa shape index (κ1) is 58.1. The minimum Gasteiger partial charge on any atom is -0.494 e. The van der Waals surface area contributed by atoms with Crippen LogP contribution in [0, 0.1) is 0 Å². The number of ether oxygens (including phenoxy) is 4. The fourth-order valence-corrected chi connectivity index (χ4v) is 9.74. The number of hydrogen-bond acceptors (Lipinski definition) is 9. The molecule has 8 aromatic carbocycles. The Labute approximate surface area is 475 Å². The van der Waals surface area contributed by atoms with E-state index in [1.165, 1.54) is 95.5 Å². The molecule has 414 valence electrons. The van der Waals surface area contributed by atoms with Crippen LogP contribution >= 0.6 is 0 Å². The van der Waals surface area contributed by atoms with E-state index in [9.17, 15) is 0 Å². The smallest absolute Gasteiger partial charge is 0.119 e. The van der Waals surface area contributed by atoms with E-state index in [4.69, 9.17) is 29.2 Å². The van der Waals surface area contributed by atoms with Gasteiger partial charge in [0.25, 0.3) is 0 Å². The fourth-order valence-electron chi connectivity index (χ4n) is 9.74. The van der Waals surface area contributed by atoms with Crippen LogP contribution in [0.15, 0.2) is 203 Å². The van der Waals surface area contributed by atoms with Gasteiger partial charge in [0.05, 0.1) is 49.2 Å². The summed E-state index contributed by atoms with van der Waals surface area (Å²) in [6.45, 7) is 11.3. The van der Waals surface area contributed by atoms with Crippen LogP contribution < -0.4 is 24.3 Å². The highest BCUT2D eigenvalue weighted by molar-refractivity contribution is 6.02. The first-order valence-corrected chi connectivity index (χ1v) is 29.4. The van der Waals surface area contributed by atoms with Crippen molar-refractivity contribution in [2.75, 3.05) is 31.7 Å². The number of benzene rings is 8. The Bertz CT molecular complexity index is 3150. The largest absolute Gasteiger partial charge is 0.494 e. The molecule has 1 N–H and O–H groups in total. The number of unbranched alkanes of at least 4 members (excludes halogenated alkanes) is 16. The third-order valence-electron chi connectivity index (χ3n) is 14.4. The summed E-state index contributed by atoms with van der Waals surface area (Å²) in [6.07, 6.45) is 25.7. The molecular formula is C71H81N5O4. The van der Waals surface area contributed by atoms with Crippen molar-refractivity contribution in [1.29, 1.82) is 0 Å². The second-order valence-corrected chi connectivity index (χ2v) is 20.5. The number of rotatable bonds is 37. The summed E-state index contributed by atoms with van der Waals surface area (Å²) in [4.78, 5) is 0. The Morgan fingerprint density at radius 2 is 0.625 bits per heavy atom. The molecular weight excluding hydrogens is 987 g/mol. The van der Waals surface area contributed by atoms with E-state index in [1.54, 1.807) is 0 Å². The van der Waals surface area contributed by atoms with Gasteiger partial charge in [-0.1, -0.05) is 200 Å². The Morgan fingerprint density at radius 1 is 0.312 bits per heavy atom. The summed E-state index contributed by atoms with van der Waals surface area (Å²) in [7, 11) is 0. The summed E-state index contributed by atoms with van der Waals surface area (Å²) < 4.78 is 23.9. The zero-order valence-electron chi connectivity index (χ0n) is 46.9. The predicted octanol–water partition coefficient (Wildman–Crippen LogP) is 21.7. The molecule has 0 fully saturated rings. The van der Waals surface area contributed by atoms with E-state index in [-0.39, 0.29) is 0 Å². The first-order valence-electron chi connectivity index (χ1n) is 29.4. The van der Waals surface area contributed by atoms with Crippen LogP contribution in [0.25, 0.3) is 33.7 Å². The van der Waals surface area contributed by atoms with Crippen molar-refractivity contribution in [3.63, 3.8) is 0 Å². The topological polar surface area (TPSA) is 98.4 Å². The Hall–Kier alpha value is -8.04. The van der Waals surface area contributed by atoms with Crippen molar-refractivity contribution in [3.05, 3.63) is 200 Å². The van der Waals surface area contributed by atoms with Crippen molar-refractivity contribution in [2.45, 2.75) is 122 Å². The minimum absolute atomic E-state index is 0.688. The van der Waals surface area contributed by atoms with Gasteiger partial charge in [-0.3, -0.25) is 0 Å². The molecule has 0 aliphatic rings. The fraction of sp³-hybridized carbons (Fsp3) is 0.324. The van der Waals surface area contributed by atoms with Crippen LogP contribution in [-0.2, 0) is 6.54 Å². The maximum Gasteiger partial charge on any atom is 0.119 e. The van der Waals surface area contributed by atoms with Gasteiger partial charge < -0.3 is 24.3 Å². The molecule has 0 amide bonds. The predicted molar refractivity (Wildman–Crippen MR) is 335 cm³/mol. The summed E-state index contributed by atoms with van der Waals surface area (Å²) in [5, 5.41) is 26.5. The number of nitrogens with one attached hydrogen (secondary N) is 1. The second-order valence-electron chi connectivity index (χ2n) is 20.5. The van der Waals surface area contributed by atoms with Crippen LogP contribution in [-0.4, -0.2) is 26.4 Å². The third kappa shape index (κ3) is 19.4. The number of fused-ring (bicyclic) bond motifs is 2. The van der Waals surface area contributed by atoms with Gasteiger partial charge in [-0.25, -0.2) is 0 Å². The molecule has 0 heterocycles. The highest BCUT2D eigenvalue weighted by atomic mass is 16.5. The number of anilines is 1. The molecule has 0 aliphatic carbocycles. The molecule has 9 nitrogen and oxygen atoms in total. The first-order chi connectivity index (χ1) is 39.6. The molecule has 0 atom stereocenters. The average molecular weight is 1070 g/mol. The molecule has 0 unspecified atom stereocenters. The van der Waals surface area contributed by atoms with Gasteiger partial charge in [-0.15, -0.1) is 15.3 Å². The van der Waals surface area contributed by atoms with Gasteiger partial charge in [0.1, 0.15) is 23.0 Å². The van der Waals surface area contributed by atoms with Crippen LogP contribution in [0.4, 0.5) is 28.4 Å². The van der Waals surface area contributed by atoms with E-state index in [2.05, 4.69) is 89.4 Å². The van der Waals surface area contributed by atoms with Crippen molar-refractivity contribution in [2.24, 2.45) is 20.5 Å². The molecule has 0 saturated heterocycles. The molecule has 0 aliphatic heterocycles. The molecule has 0 spiro atoms. The molecule has 8 rings (SSSR count). The lowest BCUT2D eigenvalue weighted by Crippen LogP contribution is -2.01. The summed E-state index contributed by atoms with van der Waals surface area (Å²) >= 11 is 0. The van der Waals surface area contributed by atoms with Gasteiger partial charge in [0.2, 0.25) is 0 Å². The number of nitrogens with zero attached hydrogens (tertiary/aromatic N) is 4. The van der Waals surface area contributed by atoms with Gasteiger partial charge >= 0.3 is 0 Å². The molecule has 0 radical (unpaired) electrons. The zero-order valence-corrected chi connectivity index (χ0v) is 46.9. The third-order valence-corrected chi connectivity index (χ3v) is 14.4. The Balaban J connectivity index is 0.701. The number of azo groups is 2. The van der Waals surface area contributed by atoms with Crippen LogP contribution in [0.5, 0.6) is 23.0 Å². The standard InChI is InChI=1S/C71H81N5O4/c1-3-56-31-39-60(40-32-56)77-51-23-15-11-7-5-9-13-17-25-53-79-62-43-35-58(36-44-62)55-72-68-47-48-70(65-28-20-19-27-64(65)68)75-76-71-50-49-69(66-29-21-22-30-67(66)71)74-73-59-37-45-63(46-38-59)80-54-26-18-14-10-6-8-12-16-24-52-78-61-41-33-57(4-2)34-42-61/h3-4,19-22,27-50,72H,1-2,5-18,23-26,51-55H2/b74-73+,76-75+. The number of hydrogen-bond donors (Lipinski definition) is 1. The molecule has 9 heteroatoms. The van der Waals surface area contributed by atoms with E-state index >= 15 is 0 Å². The summed E-state index contributed by atoms with van der Waals surface area (Å²) in [6, 6.07) is 57.0. The quantitative estimate of drug-likeness (QED) is 0.0309. The highest BCUT2D eigenvalue weighted by Crippen LogP contribution is 2.38. The molecule has 80 heavy (non-hydrogen) atoms. The van der Waals surface area contributed by atoms with Crippen molar-refractivity contribution < 1.29 is 18.9 Å². The Kier molecular flexibility index (Phi) is 24.3. The summed E-state index contributed by atoms with van der Waals surface area (Å²) in [5.74, 6) is 3.64. The van der Waals surface area contributed by atoms with E-state index in [0.29, 0.717) is 13.2 Å². The normalized spacial score (nSPS) is 11.4. The minimum atomic E-state index is 0.688. The monoisotopic (exact) mass is 1070 g/mol. The maximum atomic E-state index is 6.10. The van der Waals surface area contributed by atoms with E-state index in [1.807, 2.05) is 121 Å². The molecule has 0 saturated carbocycles. The second kappa shape index (κ2) is 33.4. The van der Waals surface area contributed by atoms with Crippen LogP contribution in [0.1, 0.15) is 132 Å². The maximum absolute atomic E-state index is 6.10. The summed E-state index contributed by atoms with van der Waals surface area (Å²) in [5.41, 5.74) is 7.56. The van der Waals surface area contributed by atoms with E-state index < -0.39 is 0 Å². The van der Waals surface area contributed by atoms with Crippen molar-refractivity contribution in [3.8, 4) is 23.0 Å². The van der Waals surface area contributed by atoms with Crippen molar-refractivity contribution >= 4 is 62.1 Å². The molecule has 0 aromatic heterocycles. The molecule has 0 bridgehead atoms. The van der Waals surface area contributed by atoms with Gasteiger partial charge in [-0.2, -0.15) is 5.11 Å². The average Bonchev–Trinajstić information content (AvgIpc) is 3.54.